The van der Waals surface area contributed by atoms with Gasteiger partial charge in [-0.15, -0.1) is 0 Å². The minimum Gasteiger partial charge on any atom is -0.463 e. The standard InChI is InChI=1S/C11H14N2O3/c1-4-16-11(15)6-5-10(14)13-9(3)7-8(2)12-13/h5-7H,4H2,1-3H3/b6-5+. The van der Waals surface area contributed by atoms with Crippen LogP contribution in [0.2, 0.25) is 0 Å². The van der Waals surface area contributed by atoms with Crippen molar-refractivity contribution in [2.24, 2.45) is 0 Å². The highest BCUT2D eigenvalue weighted by Crippen LogP contribution is 2.01. The summed E-state index contributed by atoms with van der Waals surface area (Å²) in [6.45, 7) is 5.56. The summed E-state index contributed by atoms with van der Waals surface area (Å²) in [5, 5.41) is 4.00. The average Bonchev–Trinajstić information content (AvgIpc) is 2.55. The number of ether oxygens (including phenoxy) is 1. The topological polar surface area (TPSA) is 61.2 Å². The molecule has 0 N–H and O–H groups in total. The van der Waals surface area contributed by atoms with Crippen LogP contribution in [0.25, 0.3) is 0 Å². The Bertz CT molecular complexity index is 432. The second kappa shape index (κ2) is 5.25. The number of esters is 1. The maximum absolute atomic E-state index is 11.6. The lowest BCUT2D eigenvalue weighted by Gasteiger charge is -1.97. The molecular weight excluding hydrogens is 208 g/mol. The number of aryl methyl sites for hydroxylation is 2. The minimum atomic E-state index is -0.530. The number of carbonyl (C=O) groups is 2. The van der Waals surface area contributed by atoms with Gasteiger partial charge >= 0.3 is 5.97 Å². The van der Waals surface area contributed by atoms with Crippen LogP contribution >= 0.6 is 0 Å². The van der Waals surface area contributed by atoms with Crippen LogP contribution in [-0.2, 0) is 9.53 Å². The van der Waals surface area contributed by atoms with Crippen LogP contribution in [0.5, 0.6) is 0 Å². The predicted octanol–water partition coefficient (Wildman–Crippen LogP) is 1.26. The molecule has 16 heavy (non-hydrogen) atoms. The van der Waals surface area contributed by atoms with E-state index < -0.39 is 5.97 Å². The summed E-state index contributed by atoms with van der Waals surface area (Å²) in [4.78, 5) is 22.6. The molecular formula is C11H14N2O3. The lowest BCUT2D eigenvalue weighted by Crippen LogP contribution is -2.12. The first-order valence-corrected chi connectivity index (χ1v) is 4.97. The smallest absolute Gasteiger partial charge is 0.330 e. The first kappa shape index (κ1) is 12.2. The highest BCUT2D eigenvalue weighted by molar-refractivity contribution is 5.95. The summed E-state index contributed by atoms with van der Waals surface area (Å²) in [7, 11) is 0. The Kier molecular flexibility index (Phi) is 3.99. The predicted molar refractivity (Wildman–Crippen MR) is 58.1 cm³/mol. The van der Waals surface area contributed by atoms with E-state index in [2.05, 4.69) is 9.84 Å². The maximum Gasteiger partial charge on any atom is 0.330 e. The number of carbonyl (C=O) groups excluding carboxylic acids is 2. The molecule has 0 aliphatic heterocycles. The van der Waals surface area contributed by atoms with Crippen molar-refractivity contribution in [3.05, 3.63) is 29.6 Å². The normalized spacial score (nSPS) is 10.7. The Morgan fingerprint density at radius 3 is 2.62 bits per heavy atom. The number of rotatable bonds is 3. The van der Waals surface area contributed by atoms with Gasteiger partial charge in [-0.3, -0.25) is 4.79 Å². The Morgan fingerprint density at radius 1 is 1.44 bits per heavy atom. The third kappa shape index (κ3) is 3.05. The van der Waals surface area contributed by atoms with E-state index in [-0.39, 0.29) is 12.5 Å². The highest BCUT2D eigenvalue weighted by atomic mass is 16.5. The van der Waals surface area contributed by atoms with Crippen LogP contribution in [0.1, 0.15) is 23.1 Å². The van der Waals surface area contributed by atoms with Crippen LogP contribution in [-0.4, -0.2) is 28.3 Å². The summed E-state index contributed by atoms with van der Waals surface area (Å²) in [5.74, 6) is -0.893. The molecule has 0 saturated heterocycles. The van der Waals surface area contributed by atoms with E-state index in [1.165, 1.54) is 4.68 Å². The van der Waals surface area contributed by atoms with Gasteiger partial charge in [0.2, 0.25) is 0 Å². The fourth-order valence-electron chi connectivity index (χ4n) is 1.25. The number of hydrogen-bond donors (Lipinski definition) is 0. The number of aromatic nitrogens is 2. The molecule has 0 aliphatic carbocycles. The van der Waals surface area contributed by atoms with E-state index in [9.17, 15) is 9.59 Å². The first-order valence-electron chi connectivity index (χ1n) is 4.97. The van der Waals surface area contributed by atoms with Gasteiger partial charge in [-0.25, -0.2) is 9.48 Å². The van der Waals surface area contributed by atoms with Gasteiger partial charge in [0.05, 0.1) is 12.3 Å². The summed E-state index contributed by atoms with van der Waals surface area (Å²) in [6, 6.07) is 1.79. The molecule has 0 aromatic carbocycles. The molecule has 1 aromatic rings. The summed E-state index contributed by atoms with van der Waals surface area (Å²) >= 11 is 0. The van der Waals surface area contributed by atoms with Crippen LogP contribution in [0.15, 0.2) is 18.2 Å². The molecule has 1 rings (SSSR count). The Hall–Kier alpha value is -1.91. The minimum absolute atomic E-state index is 0.289. The van der Waals surface area contributed by atoms with Gasteiger partial charge in [0, 0.05) is 17.8 Å². The van der Waals surface area contributed by atoms with Crippen molar-refractivity contribution < 1.29 is 14.3 Å². The van der Waals surface area contributed by atoms with Crippen molar-refractivity contribution in [2.75, 3.05) is 6.61 Å². The Morgan fingerprint density at radius 2 is 2.12 bits per heavy atom. The zero-order valence-corrected chi connectivity index (χ0v) is 9.56. The van der Waals surface area contributed by atoms with Crippen LogP contribution in [0.4, 0.5) is 0 Å². The lowest BCUT2D eigenvalue weighted by molar-refractivity contribution is -0.137. The van der Waals surface area contributed by atoms with E-state index in [1.54, 1.807) is 26.8 Å². The van der Waals surface area contributed by atoms with Crippen LogP contribution in [0.3, 0.4) is 0 Å². The zero-order chi connectivity index (χ0) is 12.1. The number of nitrogens with zero attached hydrogens (tertiary/aromatic N) is 2. The third-order valence-electron chi connectivity index (χ3n) is 1.87. The van der Waals surface area contributed by atoms with Gasteiger partial charge in [0.1, 0.15) is 0 Å². The molecule has 0 atom stereocenters. The highest BCUT2D eigenvalue weighted by Gasteiger charge is 2.07. The van der Waals surface area contributed by atoms with Gasteiger partial charge in [0.25, 0.3) is 5.91 Å². The van der Waals surface area contributed by atoms with Crippen molar-refractivity contribution in [3.8, 4) is 0 Å². The Labute approximate surface area is 93.7 Å². The van der Waals surface area contributed by atoms with Crippen molar-refractivity contribution in [3.63, 3.8) is 0 Å². The fourth-order valence-corrected chi connectivity index (χ4v) is 1.25. The molecule has 0 fully saturated rings. The van der Waals surface area contributed by atoms with Crippen molar-refractivity contribution in [1.82, 2.24) is 9.78 Å². The van der Waals surface area contributed by atoms with Gasteiger partial charge in [-0.2, -0.15) is 5.10 Å². The molecule has 5 heteroatoms. The van der Waals surface area contributed by atoms with E-state index in [1.807, 2.05) is 0 Å². The van der Waals surface area contributed by atoms with Crippen molar-refractivity contribution in [1.29, 1.82) is 0 Å². The molecule has 0 spiro atoms. The number of allylic oxidation sites excluding steroid dienone is 1. The van der Waals surface area contributed by atoms with E-state index in [4.69, 9.17) is 0 Å². The van der Waals surface area contributed by atoms with Gasteiger partial charge < -0.3 is 4.74 Å². The molecule has 0 aliphatic rings. The molecule has 5 nitrogen and oxygen atoms in total. The van der Waals surface area contributed by atoms with Crippen molar-refractivity contribution >= 4 is 11.9 Å². The molecule has 1 aromatic heterocycles. The van der Waals surface area contributed by atoms with Crippen LogP contribution < -0.4 is 0 Å². The maximum atomic E-state index is 11.6. The van der Waals surface area contributed by atoms with Gasteiger partial charge in [-0.05, 0) is 26.8 Å². The molecule has 0 saturated carbocycles. The second-order valence-corrected chi connectivity index (χ2v) is 3.26. The van der Waals surface area contributed by atoms with E-state index in [0.717, 1.165) is 23.5 Å². The van der Waals surface area contributed by atoms with Gasteiger partial charge in [0.15, 0.2) is 0 Å². The summed E-state index contributed by atoms with van der Waals surface area (Å²) in [5.41, 5.74) is 1.49. The SMILES string of the molecule is CCOC(=O)/C=C/C(=O)n1nc(C)cc1C. The van der Waals surface area contributed by atoms with E-state index in [0.29, 0.717) is 0 Å². The zero-order valence-electron chi connectivity index (χ0n) is 9.56. The van der Waals surface area contributed by atoms with E-state index >= 15 is 0 Å². The molecule has 1 heterocycles. The van der Waals surface area contributed by atoms with Crippen LogP contribution in [0, 0.1) is 13.8 Å². The lowest BCUT2D eigenvalue weighted by atomic mass is 10.4. The Balaban J connectivity index is 2.73. The molecule has 0 bridgehead atoms. The molecule has 86 valence electrons. The monoisotopic (exact) mass is 222 g/mol. The van der Waals surface area contributed by atoms with Gasteiger partial charge in [-0.1, -0.05) is 0 Å². The number of hydrogen-bond acceptors (Lipinski definition) is 4. The molecule has 0 radical (unpaired) electrons. The first-order chi connectivity index (χ1) is 7.54. The fraction of sp³-hybridized carbons (Fsp3) is 0.364. The summed E-state index contributed by atoms with van der Waals surface area (Å²) in [6.07, 6.45) is 2.25. The van der Waals surface area contributed by atoms with Crippen molar-refractivity contribution in [2.45, 2.75) is 20.8 Å². The molecule has 0 unspecified atom stereocenters. The quantitative estimate of drug-likeness (QED) is 0.570. The largest absolute Gasteiger partial charge is 0.463 e. The second-order valence-electron chi connectivity index (χ2n) is 3.26. The average molecular weight is 222 g/mol. The molecule has 0 amide bonds. The summed E-state index contributed by atoms with van der Waals surface area (Å²) < 4.78 is 5.90. The third-order valence-corrected chi connectivity index (χ3v) is 1.87.